The van der Waals surface area contributed by atoms with E-state index in [-0.39, 0.29) is 28.6 Å². The molecule has 0 spiro atoms. The number of benzene rings is 2. The molecule has 10 heteroatoms. The number of nitrogens with one attached hydrogen (secondary N) is 1. The molecule has 0 radical (unpaired) electrons. The number of rotatable bonds is 7. The smallest absolute Gasteiger partial charge is 0.395 e. The molecule has 3 aromatic rings. The maximum Gasteiger partial charge on any atom is 0.586 e. The van der Waals surface area contributed by atoms with Gasteiger partial charge in [-0.05, 0) is 23.1 Å². The normalized spacial score (nSPS) is 14.1. The van der Waals surface area contributed by atoms with Crippen molar-refractivity contribution in [3.63, 3.8) is 0 Å². The number of alkyl halides is 2. The molecule has 34 heavy (non-hydrogen) atoms. The first-order valence-corrected chi connectivity index (χ1v) is 11.5. The standard InChI is InChI=1S/C24H24F2N4O3S/c1-5-12-30-21(15-6-8-16(9-7-15)23(2,3)4)28-29-22(30)34-14-20(31)27-17-10-11-18-19(13-17)33-24(25,26)32-18/h5-11,13H,1,12,14H2,2-4H3,(H,27,31). The first-order chi connectivity index (χ1) is 16.1. The number of nitrogens with zero attached hydrogens (tertiary/aromatic N) is 3. The molecule has 0 saturated carbocycles. The van der Waals surface area contributed by atoms with Gasteiger partial charge in [-0.1, -0.05) is 62.9 Å². The molecule has 1 amide bonds. The van der Waals surface area contributed by atoms with E-state index in [1.54, 1.807) is 6.08 Å². The van der Waals surface area contributed by atoms with Gasteiger partial charge in [0.05, 0.1) is 5.75 Å². The molecule has 1 aliphatic rings. The number of aromatic nitrogens is 3. The Labute approximate surface area is 200 Å². The fourth-order valence-corrected chi connectivity index (χ4v) is 4.12. The quantitative estimate of drug-likeness (QED) is 0.352. The van der Waals surface area contributed by atoms with E-state index < -0.39 is 6.29 Å². The highest BCUT2D eigenvalue weighted by molar-refractivity contribution is 7.99. The van der Waals surface area contributed by atoms with E-state index >= 15 is 0 Å². The lowest BCUT2D eigenvalue weighted by atomic mass is 9.87. The van der Waals surface area contributed by atoms with Crippen LogP contribution in [-0.2, 0) is 16.8 Å². The number of anilines is 1. The highest BCUT2D eigenvalue weighted by Crippen LogP contribution is 2.42. The predicted molar refractivity (Wildman–Crippen MR) is 126 cm³/mol. The Balaban J connectivity index is 1.44. The lowest BCUT2D eigenvalue weighted by Crippen LogP contribution is -2.25. The number of allylic oxidation sites excluding steroid dienone is 1. The van der Waals surface area contributed by atoms with Crippen LogP contribution in [0.4, 0.5) is 14.5 Å². The predicted octanol–water partition coefficient (Wildman–Crippen LogP) is 5.48. The van der Waals surface area contributed by atoms with Crippen LogP contribution in [0, 0.1) is 0 Å². The van der Waals surface area contributed by atoms with Gasteiger partial charge in [0.15, 0.2) is 22.5 Å². The maximum atomic E-state index is 13.2. The van der Waals surface area contributed by atoms with Gasteiger partial charge in [0.2, 0.25) is 5.91 Å². The van der Waals surface area contributed by atoms with E-state index in [0.717, 1.165) is 5.56 Å². The van der Waals surface area contributed by atoms with Crippen molar-refractivity contribution < 1.29 is 23.0 Å². The Kier molecular flexibility index (Phi) is 6.35. The monoisotopic (exact) mass is 486 g/mol. The van der Waals surface area contributed by atoms with E-state index in [1.807, 2.05) is 16.7 Å². The Morgan fingerprint density at radius 2 is 1.85 bits per heavy atom. The molecule has 178 valence electrons. The van der Waals surface area contributed by atoms with Crippen LogP contribution in [0.1, 0.15) is 26.3 Å². The van der Waals surface area contributed by atoms with Gasteiger partial charge in [0.25, 0.3) is 0 Å². The molecule has 2 heterocycles. The lowest BCUT2D eigenvalue weighted by Gasteiger charge is -2.19. The summed E-state index contributed by atoms with van der Waals surface area (Å²) in [4.78, 5) is 12.5. The van der Waals surface area contributed by atoms with E-state index in [9.17, 15) is 13.6 Å². The minimum atomic E-state index is -3.71. The van der Waals surface area contributed by atoms with E-state index in [4.69, 9.17) is 0 Å². The zero-order valence-electron chi connectivity index (χ0n) is 19.0. The molecule has 0 bridgehead atoms. The second kappa shape index (κ2) is 9.09. The number of hydrogen-bond donors (Lipinski definition) is 1. The molecule has 1 aliphatic heterocycles. The van der Waals surface area contributed by atoms with Crippen molar-refractivity contribution in [3.05, 3.63) is 60.7 Å². The minimum absolute atomic E-state index is 0.0422. The van der Waals surface area contributed by atoms with Gasteiger partial charge in [-0.25, -0.2) is 0 Å². The molecule has 0 unspecified atom stereocenters. The minimum Gasteiger partial charge on any atom is -0.395 e. The summed E-state index contributed by atoms with van der Waals surface area (Å²) in [5, 5.41) is 11.8. The van der Waals surface area contributed by atoms with Gasteiger partial charge in [-0.2, -0.15) is 0 Å². The SMILES string of the molecule is C=CCn1c(SCC(=O)Nc2ccc3c(c2)OC(F)(F)O3)nnc1-c1ccc(C(C)(C)C)cc1. The summed E-state index contributed by atoms with van der Waals surface area (Å²) in [6, 6.07) is 12.2. The Morgan fingerprint density at radius 1 is 1.15 bits per heavy atom. The molecule has 0 saturated heterocycles. The van der Waals surface area contributed by atoms with E-state index in [1.165, 1.54) is 35.5 Å². The molecule has 4 rings (SSSR count). The lowest BCUT2D eigenvalue weighted by molar-refractivity contribution is -0.286. The third-order valence-electron chi connectivity index (χ3n) is 5.06. The average Bonchev–Trinajstić information content (AvgIpc) is 3.30. The van der Waals surface area contributed by atoms with Crippen molar-refractivity contribution in [2.45, 2.75) is 44.2 Å². The number of fused-ring (bicyclic) bond motifs is 1. The summed E-state index contributed by atoms with van der Waals surface area (Å²) in [5.74, 6) is 0.170. The fraction of sp³-hybridized carbons (Fsp3) is 0.292. The molecule has 7 nitrogen and oxygen atoms in total. The summed E-state index contributed by atoms with van der Waals surface area (Å²) in [6.45, 7) is 10.7. The number of ether oxygens (including phenoxy) is 2. The largest absolute Gasteiger partial charge is 0.586 e. The van der Waals surface area contributed by atoms with Crippen LogP contribution in [0.15, 0.2) is 60.3 Å². The van der Waals surface area contributed by atoms with Gasteiger partial charge in [-0.15, -0.1) is 25.6 Å². The average molecular weight is 487 g/mol. The maximum absolute atomic E-state index is 13.2. The second-order valence-electron chi connectivity index (χ2n) is 8.70. The second-order valence-corrected chi connectivity index (χ2v) is 9.64. The highest BCUT2D eigenvalue weighted by atomic mass is 32.2. The van der Waals surface area contributed by atoms with Crippen molar-refractivity contribution in [3.8, 4) is 22.9 Å². The first kappa shape index (κ1) is 23.7. The topological polar surface area (TPSA) is 78.3 Å². The van der Waals surface area contributed by atoms with Crippen LogP contribution in [0.3, 0.4) is 0 Å². The third kappa shape index (κ3) is 5.22. The molecule has 1 aromatic heterocycles. The molecule has 1 N–H and O–H groups in total. The van der Waals surface area contributed by atoms with Gasteiger partial charge < -0.3 is 14.8 Å². The Bertz CT molecular complexity index is 1220. The van der Waals surface area contributed by atoms with Crippen molar-refractivity contribution >= 4 is 23.4 Å². The van der Waals surface area contributed by atoms with Crippen LogP contribution in [-0.4, -0.2) is 32.7 Å². The Morgan fingerprint density at radius 3 is 2.53 bits per heavy atom. The van der Waals surface area contributed by atoms with Crippen LogP contribution in [0.25, 0.3) is 11.4 Å². The number of carbonyl (C=O) groups is 1. The fourth-order valence-electron chi connectivity index (χ4n) is 3.38. The molecular formula is C24H24F2N4O3S. The number of amides is 1. The number of thioether (sulfide) groups is 1. The van der Waals surface area contributed by atoms with E-state index in [2.05, 4.69) is 64.5 Å². The summed E-state index contributed by atoms with van der Waals surface area (Å²) in [7, 11) is 0. The summed E-state index contributed by atoms with van der Waals surface area (Å²) >= 11 is 1.22. The summed E-state index contributed by atoms with van der Waals surface area (Å²) in [6.07, 6.45) is -1.97. The molecular weight excluding hydrogens is 462 g/mol. The van der Waals surface area contributed by atoms with Gasteiger partial charge in [0, 0.05) is 23.9 Å². The van der Waals surface area contributed by atoms with Crippen LogP contribution in [0.2, 0.25) is 0 Å². The highest BCUT2D eigenvalue weighted by Gasteiger charge is 2.43. The number of carbonyl (C=O) groups excluding carboxylic acids is 1. The van der Waals surface area contributed by atoms with Crippen molar-refractivity contribution in [1.29, 1.82) is 0 Å². The number of halogens is 2. The molecule has 0 fully saturated rings. The van der Waals surface area contributed by atoms with Crippen molar-refractivity contribution in [2.75, 3.05) is 11.1 Å². The summed E-state index contributed by atoms with van der Waals surface area (Å²) in [5.41, 5.74) is 2.48. The van der Waals surface area contributed by atoms with Gasteiger partial charge in [0.1, 0.15) is 0 Å². The first-order valence-electron chi connectivity index (χ1n) is 10.5. The zero-order valence-corrected chi connectivity index (χ0v) is 19.8. The van der Waals surface area contributed by atoms with Gasteiger partial charge >= 0.3 is 6.29 Å². The molecule has 0 aliphatic carbocycles. The van der Waals surface area contributed by atoms with E-state index in [0.29, 0.717) is 23.2 Å². The van der Waals surface area contributed by atoms with Crippen LogP contribution < -0.4 is 14.8 Å². The van der Waals surface area contributed by atoms with Crippen molar-refractivity contribution in [1.82, 2.24) is 14.8 Å². The van der Waals surface area contributed by atoms with Crippen LogP contribution in [0.5, 0.6) is 11.5 Å². The molecule has 2 aromatic carbocycles. The summed E-state index contributed by atoms with van der Waals surface area (Å²) < 4.78 is 37.0. The number of hydrogen-bond acceptors (Lipinski definition) is 6. The Hall–Kier alpha value is -3.40. The van der Waals surface area contributed by atoms with Crippen LogP contribution >= 0.6 is 11.8 Å². The van der Waals surface area contributed by atoms with Crippen molar-refractivity contribution in [2.24, 2.45) is 0 Å². The molecule has 0 atom stereocenters. The zero-order chi connectivity index (χ0) is 24.5. The third-order valence-corrected chi connectivity index (χ3v) is 6.02. The van der Waals surface area contributed by atoms with Gasteiger partial charge in [-0.3, -0.25) is 9.36 Å².